The average Bonchev–Trinajstić information content (AvgIpc) is 3.36. The number of fused-ring (bicyclic) bond motifs is 1. The largest absolute Gasteiger partial charge is 0.496 e. The fraction of sp³-hybridized carbons (Fsp3) is 0.333. The number of aromatic nitrogens is 5. The van der Waals surface area contributed by atoms with E-state index >= 15 is 0 Å². The number of hydrogen-bond donors (Lipinski definition) is 2. The van der Waals surface area contributed by atoms with Crippen molar-refractivity contribution in [2.24, 2.45) is 0 Å². The molecular formula is C24H26N6O4. The van der Waals surface area contributed by atoms with Crippen molar-refractivity contribution in [3.8, 4) is 23.0 Å². The van der Waals surface area contributed by atoms with Crippen molar-refractivity contribution in [3.63, 3.8) is 0 Å². The number of anilines is 1. The fourth-order valence-corrected chi connectivity index (χ4v) is 4.21. The first-order valence-corrected chi connectivity index (χ1v) is 11.1. The monoisotopic (exact) mass is 462 g/mol. The molecule has 0 unspecified atom stereocenters. The number of hydrogen-bond acceptors (Lipinski definition) is 9. The summed E-state index contributed by atoms with van der Waals surface area (Å²) in [7, 11) is 1.58. The molecule has 1 aromatic carbocycles. The average molecular weight is 463 g/mol. The maximum Gasteiger partial charge on any atom is 0.239 e. The summed E-state index contributed by atoms with van der Waals surface area (Å²) in [4.78, 5) is 20.8. The van der Waals surface area contributed by atoms with E-state index in [2.05, 4.69) is 16.8 Å². The highest BCUT2D eigenvalue weighted by molar-refractivity contribution is 5.89. The number of pyridine rings is 1. The van der Waals surface area contributed by atoms with Crippen LogP contribution in [0.4, 0.5) is 5.82 Å². The molecule has 1 fully saturated rings. The number of methoxy groups -OCH3 is 1. The van der Waals surface area contributed by atoms with Crippen LogP contribution in [0, 0.1) is 0 Å². The Hall–Kier alpha value is -3.60. The summed E-state index contributed by atoms with van der Waals surface area (Å²) in [5.41, 5.74) is 2.75. The minimum atomic E-state index is -0.235. The summed E-state index contributed by atoms with van der Waals surface area (Å²) in [6, 6.07) is 9.62. The molecule has 0 radical (unpaired) electrons. The lowest BCUT2D eigenvalue weighted by Gasteiger charge is -2.35. The quantitative estimate of drug-likeness (QED) is 0.444. The van der Waals surface area contributed by atoms with Gasteiger partial charge in [0.2, 0.25) is 5.95 Å². The van der Waals surface area contributed by atoms with Crippen molar-refractivity contribution < 1.29 is 19.7 Å². The molecule has 1 atom stereocenters. The van der Waals surface area contributed by atoms with Crippen LogP contribution in [0.25, 0.3) is 28.2 Å². The first-order valence-electron chi connectivity index (χ1n) is 11.1. The van der Waals surface area contributed by atoms with Gasteiger partial charge >= 0.3 is 0 Å². The molecule has 3 aromatic heterocycles. The van der Waals surface area contributed by atoms with Crippen LogP contribution in [0.1, 0.15) is 18.3 Å². The Kier molecular flexibility index (Phi) is 6.10. The summed E-state index contributed by atoms with van der Waals surface area (Å²) in [5.74, 6) is 2.22. The number of aliphatic hydroxyl groups is 2. The van der Waals surface area contributed by atoms with Gasteiger partial charge in [-0.1, -0.05) is 0 Å². The molecule has 10 nitrogen and oxygen atoms in total. The molecule has 0 saturated carbocycles. The first kappa shape index (κ1) is 22.2. The van der Waals surface area contributed by atoms with Crippen molar-refractivity contribution in [2.45, 2.75) is 26.2 Å². The van der Waals surface area contributed by atoms with Crippen LogP contribution in [-0.2, 0) is 18.0 Å². The zero-order valence-corrected chi connectivity index (χ0v) is 19.0. The molecular weight excluding hydrogens is 436 g/mol. The summed E-state index contributed by atoms with van der Waals surface area (Å²) in [5, 5.41) is 20.3. The van der Waals surface area contributed by atoms with E-state index in [0.29, 0.717) is 54.2 Å². The third-order valence-electron chi connectivity index (χ3n) is 5.99. The van der Waals surface area contributed by atoms with Gasteiger partial charge < -0.3 is 24.6 Å². The lowest BCUT2D eigenvalue weighted by molar-refractivity contribution is 0.0987. The number of aliphatic hydroxyl groups excluding tert-OH is 2. The second-order valence-corrected chi connectivity index (χ2v) is 8.09. The van der Waals surface area contributed by atoms with Crippen LogP contribution in [0.5, 0.6) is 5.75 Å². The highest BCUT2D eigenvalue weighted by Gasteiger charge is 2.24. The number of imidazole rings is 1. The maximum atomic E-state index is 9.72. The van der Waals surface area contributed by atoms with Crippen LogP contribution in [-0.4, -0.2) is 67.6 Å². The number of morpholine rings is 1. The first-order chi connectivity index (χ1) is 16.6. The second-order valence-electron chi connectivity index (χ2n) is 8.09. The Bertz CT molecular complexity index is 1320. The molecule has 0 spiro atoms. The zero-order valence-electron chi connectivity index (χ0n) is 19.0. The highest BCUT2D eigenvalue weighted by atomic mass is 16.5. The van der Waals surface area contributed by atoms with Gasteiger partial charge in [-0.15, -0.1) is 0 Å². The van der Waals surface area contributed by atoms with Gasteiger partial charge in [0, 0.05) is 30.1 Å². The molecule has 4 aromatic rings. The predicted octanol–water partition coefficient (Wildman–Crippen LogP) is 2.10. The lowest BCUT2D eigenvalue weighted by Crippen LogP contribution is -2.44. The van der Waals surface area contributed by atoms with Crippen LogP contribution in [0.3, 0.4) is 0 Å². The summed E-state index contributed by atoms with van der Waals surface area (Å²) in [6.45, 7) is 3.64. The molecule has 1 saturated heterocycles. The molecule has 4 heterocycles. The van der Waals surface area contributed by atoms with Crippen LogP contribution in [0.2, 0.25) is 0 Å². The molecule has 10 heteroatoms. The van der Waals surface area contributed by atoms with E-state index in [9.17, 15) is 10.2 Å². The molecule has 0 amide bonds. The summed E-state index contributed by atoms with van der Waals surface area (Å²) in [6.07, 6.45) is 3.33. The van der Waals surface area contributed by atoms with Crippen molar-refractivity contribution in [1.82, 2.24) is 24.5 Å². The van der Waals surface area contributed by atoms with Crippen molar-refractivity contribution >= 4 is 16.9 Å². The zero-order chi connectivity index (χ0) is 23.7. The van der Waals surface area contributed by atoms with Gasteiger partial charge in [0.25, 0.3) is 0 Å². The third kappa shape index (κ3) is 3.96. The standard InChI is InChI=1S/C24H26N6O4/c1-15-14-34-10-9-29(15)23-18-4-5-19(16-3-6-20(33-2)17(11-16)12-31)26-22(18)27-24(28-23)30-8-7-25-21(30)13-32/h3-8,11,15,31-32H,9-10,12-14H2,1-2H3/t15-/m0/s1. The lowest BCUT2D eigenvalue weighted by atomic mass is 10.1. The van der Waals surface area contributed by atoms with Crippen LogP contribution < -0.4 is 9.64 Å². The van der Waals surface area contributed by atoms with Crippen LogP contribution >= 0.6 is 0 Å². The van der Waals surface area contributed by atoms with Crippen molar-refractivity contribution in [2.75, 3.05) is 31.8 Å². The fourth-order valence-electron chi connectivity index (χ4n) is 4.21. The van der Waals surface area contributed by atoms with E-state index in [1.807, 2.05) is 30.3 Å². The van der Waals surface area contributed by atoms with Gasteiger partial charge in [-0.3, -0.25) is 4.57 Å². The Balaban J connectivity index is 1.69. The third-order valence-corrected chi connectivity index (χ3v) is 5.99. The van der Waals surface area contributed by atoms with Gasteiger partial charge in [0.05, 0.1) is 44.1 Å². The Morgan fingerprint density at radius 2 is 2.00 bits per heavy atom. The van der Waals surface area contributed by atoms with Gasteiger partial charge in [-0.05, 0) is 37.3 Å². The van der Waals surface area contributed by atoms with E-state index in [-0.39, 0.29) is 19.3 Å². The molecule has 5 rings (SSSR count). The molecule has 1 aliphatic rings. The van der Waals surface area contributed by atoms with Gasteiger partial charge in [0.1, 0.15) is 24.0 Å². The summed E-state index contributed by atoms with van der Waals surface area (Å²) < 4.78 is 12.6. The maximum absolute atomic E-state index is 9.72. The second kappa shape index (κ2) is 9.34. The Morgan fingerprint density at radius 1 is 1.12 bits per heavy atom. The highest BCUT2D eigenvalue weighted by Crippen LogP contribution is 2.31. The number of rotatable bonds is 6. The van der Waals surface area contributed by atoms with E-state index in [1.165, 1.54) is 0 Å². The van der Waals surface area contributed by atoms with E-state index < -0.39 is 0 Å². The summed E-state index contributed by atoms with van der Waals surface area (Å²) >= 11 is 0. The number of benzene rings is 1. The van der Waals surface area contributed by atoms with Crippen molar-refractivity contribution in [3.05, 3.63) is 54.1 Å². The van der Waals surface area contributed by atoms with E-state index in [1.54, 1.807) is 24.1 Å². The van der Waals surface area contributed by atoms with Gasteiger partial charge in [0.15, 0.2) is 5.65 Å². The SMILES string of the molecule is COc1ccc(-c2ccc3c(N4CCOC[C@@H]4C)nc(-n4ccnc4CO)nc3n2)cc1CO. The predicted molar refractivity (Wildman–Crippen MR) is 126 cm³/mol. The smallest absolute Gasteiger partial charge is 0.239 e. The van der Waals surface area contributed by atoms with Gasteiger partial charge in [-0.2, -0.15) is 9.97 Å². The van der Waals surface area contributed by atoms with Crippen molar-refractivity contribution in [1.29, 1.82) is 0 Å². The molecule has 34 heavy (non-hydrogen) atoms. The topological polar surface area (TPSA) is 119 Å². The Labute approximate surface area is 196 Å². The molecule has 0 aliphatic carbocycles. The van der Waals surface area contributed by atoms with E-state index in [4.69, 9.17) is 24.4 Å². The Morgan fingerprint density at radius 3 is 2.76 bits per heavy atom. The molecule has 1 aliphatic heterocycles. The van der Waals surface area contributed by atoms with Crippen LogP contribution in [0.15, 0.2) is 42.7 Å². The molecule has 176 valence electrons. The molecule has 0 bridgehead atoms. The minimum absolute atomic E-state index is 0.133. The molecule has 2 N–H and O–H groups in total. The number of ether oxygens (including phenoxy) is 2. The van der Waals surface area contributed by atoms with E-state index in [0.717, 1.165) is 16.8 Å². The minimum Gasteiger partial charge on any atom is -0.496 e. The normalized spacial score (nSPS) is 16.2. The number of nitrogens with zero attached hydrogens (tertiary/aromatic N) is 6. The van der Waals surface area contributed by atoms with Gasteiger partial charge in [-0.25, -0.2) is 9.97 Å².